The highest BCUT2D eigenvalue weighted by Gasteiger charge is 2.13. The number of hydrogen-bond donors (Lipinski definition) is 2. The lowest BCUT2D eigenvalue weighted by Crippen LogP contribution is -2.06. The molecule has 9 nitrogen and oxygen atoms in total. The van der Waals surface area contributed by atoms with E-state index in [-0.39, 0.29) is 11.1 Å². The second-order valence-electron chi connectivity index (χ2n) is 2.80. The lowest BCUT2D eigenvalue weighted by molar-refractivity contribution is 0.245. The van der Waals surface area contributed by atoms with Crippen molar-refractivity contribution in [3.05, 3.63) is 23.7 Å². The highest BCUT2D eigenvalue weighted by atomic mass is 32.3. The van der Waals surface area contributed by atoms with Crippen LogP contribution in [0.15, 0.2) is 16.9 Å². The zero-order chi connectivity index (χ0) is 13.1. The van der Waals surface area contributed by atoms with E-state index in [2.05, 4.69) is 12.8 Å². The SMILES string of the molecule is O=S(=O)(O)OCc1cocc1COS(=O)(=O)O. The van der Waals surface area contributed by atoms with Crippen molar-refractivity contribution in [2.45, 2.75) is 13.2 Å². The van der Waals surface area contributed by atoms with Crippen LogP contribution in [-0.2, 0) is 42.4 Å². The van der Waals surface area contributed by atoms with Crippen LogP contribution in [0.3, 0.4) is 0 Å². The van der Waals surface area contributed by atoms with Crippen molar-refractivity contribution in [2.75, 3.05) is 0 Å². The van der Waals surface area contributed by atoms with Gasteiger partial charge in [0.25, 0.3) is 0 Å². The summed E-state index contributed by atoms with van der Waals surface area (Å²) in [5, 5.41) is 0. The molecule has 0 spiro atoms. The predicted octanol–water partition coefficient (Wildman–Crippen LogP) is -0.0816. The van der Waals surface area contributed by atoms with Gasteiger partial charge in [-0.2, -0.15) is 16.8 Å². The fourth-order valence-corrected chi connectivity index (χ4v) is 1.43. The van der Waals surface area contributed by atoms with Gasteiger partial charge in [0.05, 0.1) is 25.7 Å². The Bertz CT molecular complexity index is 516. The molecular formula is C6H8O9S2. The Morgan fingerprint density at radius 1 is 0.941 bits per heavy atom. The minimum absolute atomic E-state index is 0.145. The van der Waals surface area contributed by atoms with Crippen molar-refractivity contribution < 1.29 is 38.7 Å². The molecule has 0 saturated carbocycles. The van der Waals surface area contributed by atoms with Gasteiger partial charge in [-0.1, -0.05) is 0 Å². The number of hydrogen-bond acceptors (Lipinski definition) is 7. The van der Waals surface area contributed by atoms with E-state index in [4.69, 9.17) is 9.11 Å². The Balaban J connectivity index is 2.66. The van der Waals surface area contributed by atoms with E-state index in [9.17, 15) is 16.8 Å². The van der Waals surface area contributed by atoms with E-state index in [0.717, 1.165) is 12.5 Å². The minimum atomic E-state index is -4.61. The van der Waals surface area contributed by atoms with Gasteiger partial charge >= 0.3 is 20.8 Å². The van der Waals surface area contributed by atoms with Crippen LogP contribution in [0.4, 0.5) is 0 Å². The van der Waals surface area contributed by atoms with E-state index < -0.39 is 34.0 Å². The van der Waals surface area contributed by atoms with Gasteiger partial charge in [-0.05, 0) is 0 Å². The fraction of sp³-hybridized carbons (Fsp3) is 0.333. The second kappa shape index (κ2) is 5.12. The van der Waals surface area contributed by atoms with Crippen LogP contribution >= 0.6 is 0 Å². The average molecular weight is 288 g/mol. The lowest BCUT2D eigenvalue weighted by Gasteiger charge is -2.01. The first-order valence-corrected chi connectivity index (χ1v) is 6.68. The number of rotatable bonds is 6. The maximum absolute atomic E-state index is 10.3. The lowest BCUT2D eigenvalue weighted by atomic mass is 10.2. The van der Waals surface area contributed by atoms with Crippen molar-refractivity contribution in [2.24, 2.45) is 0 Å². The third-order valence-electron chi connectivity index (χ3n) is 1.56. The molecule has 0 aromatic carbocycles. The molecule has 0 aliphatic heterocycles. The van der Waals surface area contributed by atoms with Crippen LogP contribution in [0.1, 0.15) is 11.1 Å². The van der Waals surface area contributed by atoms with Gasteiger partial charge in [0.2, 0.25) is 0 Å². The Morgan fingerprint density at radius 2 is 1.29 bits per heavy atom. The normalized spacial score (nSPS) is 12.8. The summed E-state index contributed by atoms with van der Waals surface area (Å²) in [6.45, 7) is -1.11. The minimum Gasteiger partial charge on any atom is -0.472 e. The van der Waals surface area contributed by atoms with Crippen LogP contribution in [0.25, 0.3) is 0 Å². The van der Waals surface area contributed by atoms with Crippen molar-refractivity contribution >= 4 is 20.8 Å². The standard InChI is InChI=1S/C6H8O9S2/c7-16(8,9)14-3-5-1-13-2-6(5)4-15-17(10,11)12/h1-2H,3-4H2,(H,7,8,9)(H,10,11,12). The Kier molecular flexibility index (Phi) is 4.24. The van der Waals surface area contributed by atoms with Gasteiger partial charge < -0.3 is 4.42 Å². The first kappa shape index (κ1) is 14.1. The first-order chi connectivity index (χ1) is 7.67. The van der Waals surface area contributed by atoms with E-state index in [1.165, 1.54) is 0 Å². The van der Waals surface area contributed by atoms with Crippen molar-refractivity contribution in [3.8, 4) is 0 Å². The van der Waals surface area contributed by atoms with Gasteiger partial charge in [0.15, 0.2) is 0 Å². The van der Waals surface area contributed by atoms with E-state index in [1.807, 2.05) is 0 Å². The maximum atomic E-state index is 10.3. The number of furan rings is 1. The van der Waals surface area contributed by atoms with Crippen LogP contribution in [0.5, 0.6) is 0 Å². The van der Waals surface area contributed by atoms with E-state index in [1.54, 1.807) is 0 Å². The smallest absolute Gasteiger partial charge is 0.397 e. The quantitative estimate of drug-likeness (QED) is 0.687. The molecule has 1 aromatic rings. The summed E-state index contributed by atoms with van der Waals surface area (Å²) in [6, 6.07) is 0. The zero-order valence-corrected chi connectivity index (χ0v) is 9.77. The Morgan fingerprint density at radius 3 is 1.59 bits per heavy atom. The molecule has 0 aliphatic carbocycles. The summed E-state index contributed by atoms with van der Waals surface area (Å²) >= 11 is 0. The molecule has 0 atom stereocenters. The van der Waals surface area contributed by atoms with Gasteiger partial charge in [-0.3, -0.25) is 9.11 Å². The molecule has 0 aliphatic rings. The summed E-state index contributed by atoms with van der Waals surface area (Å²) in [5.41, 5.74) is 0.289. The van der Waals surface area contributed by atoms with Gasteiger partial charge in [0.1, 0.15) is 0 Å². The fourth-order valence-electron chi connectivity index (χ4n) is 0.879. The molecule has 0 fully saturated rings. The summed E-state index contributed by atoms with van der Waals surface area (Å²) < 4.78 is 70.6. The van der Waals surface area contributed by atoms with Crippen molar-refractivity contribution in [3.63, 3.8) is 0 Å². The molecule has 2 N–H and O–H groups in total. The summed E-state index contributed by atoms with van der Waals surface area (Å²) in [5.74, 6) is 0. The maximum Gasteiger partial charge on any atom is 0.397 e. The first-order valence-electron chi connectivity index (χ1n) is 3.95. The molecule has 0 amide bonds. The van der Waals surface area contributed by atoms with Crippen molar-refractivity contribution in [1.82, 2.24) is 0 Å². The largest absolute Gasteiger partial charge is 0.472 e. The third kappa shape index (κ3) is 5.76. The van der Waals surface area contributed by atoms with Gasteiger partial charge in [0, 0.05) is 11.1 Å². The van der Waals surface area contributed by atoms with E-state index in [0.29, 0.717) is 0 Å². The molecule has 0 bridgehead atoms. The predicted molar refractivity (Wildman–Crippen MR) is 51.4 cm³/mol. The molecule has 0 saturated heterocycles. The summed E-state index contributed by atoms with van der Waals surface area (Å²) in [6.07, 6.45) is 2.15. The molecule has 17 heavy (non-hydrogen) atoms. The topological polar surface area (TPSA) is 140 Å². The molecule has 98 valence electrons. The molecular weight excluding hydrogens is 280 g/mol. The highest BCUT2D eigenvalue weighted by Crippen LogP contribution is 2.14. The Labute approximate surface area is 96.9 Å². The average Bonchev–Trinajstić information content (AvgIpc) is 2.56. The highest BCUT2D eigenvalue weighted by molar-refractivity contribution is 7.81. The van der Waals surface area contributed by atoms with Gasteiger partial charge in [-0.15, -0.1) is 0 Å². The summed E-state index contributed by atoms with van der Waals surface area (Å²) in [4.78, 5) is 0. The van der Waals surface area contributed by atoms with Crippen LogP contribution in [0.2, 0.25) is 0 Å². The summed E-state index contributed by atoms with van der Waals surface area (Å²) in [7, 11) is -9.22. The molecule has 1 heterocycles. The monoisotopic (exact) mass is 288 g/mol. The van der Waals surface area contributed by atoms with Crippen LogP contribution < -0.4 is 0 Å². The van der Waals surface area contributed by atoms with Gasteiger partial charge in [-0.25, -0.2) is 8.37 Å². The zero-order valence-electron chi connectivity index (χ0n) is 8.14. The second-order valence-corrected chi connectivity index (χ2v) is 4.98. The third-order valence-corrected chi connectivity index (χ3v) is 2.39. The molecule has 1 rings (SSSR count). The van der Waals surface area contributed by atoms with Crippen LogP contribution in [0, 0.1) is 0 Å². The Hall–Kier alpha value is -0.980. The molecule has 0 unspecified atom stereocenters. The van der Waals surface area contributed by atoms with Crippen LogP contribution in [-0.4, -0.2) is 25.9 Å². The molecule has 0 radical (unpaired) electrons. The van der Waals surface area contributed by atoms with Crippen molar-refractivity contribution in [1.29, 1.82) is 0 Å². The molecule has 11 heteroatoms. The molecule has 1 aromatic heterocycles. The van der Waals surface area contributed by atoms with E-state index >= 15 is 0 Å².